The van der Waals surface area contributed by atoms with E-state index in [2.05, 4.69) is 25.7 Å². The van der Waals surface area contributed by atoms with Crippen LogP contribution in [-0.4, -0.2) is 30.3 Å². The Bertz CT molecular complexity index is 597. The quantitative estimate of drug-likeness (QED) is 0.412. The van der Waals surface area contributed by atoms with Crippen LogP contribution in [0.5, 0.6) is 0 Å². The van der Waals surface area contributed by atoms with Gasteiger partial charge in [-0.15, -0.1) is 5.10 Å². The van der Waals surface area contributed by atoms with E-state index >= 15 is 0 Å². The van der Waals surface area contributed by atoms with E-state index in [4.69, 9.17) is 18.0 Å². The molecule has 2 heterocycles. The van der Waals surface area contributed by atoms with Crippen molar-refractivity contribution in [3.8, 4) is 0 Å². The first-order chi connectivity index (χ1) is 8.58. The van der Waals surface area contributed by atoms with Crippen molar-refractivity contribution >= 4 is 34.5 Å². The normalized spacial score (nSPS) is 10.0. The van der Waals surface area contributed by atoms with Gasteiger partial charge < -0.3 is 11.1 Å². The van der Waals surface area contributed by atoms with Crippen LogP contribution in [0.25, 0.3) is 0 Å². The number of nitrogens with one attached hydrogen (secondary N) is 2. The number of rotatable bonds is 4. The maximum atomic E-state index is 10.6. The van der Waals surface area contributed by atoms with Crippen LogP contribution in [0.2, 0.25) is 0 Å². The van der Waals surface area contributed by atoms with E-state index < -0.39 is 4.92 Å². The van der Waals surface area contributed by atoms with Gasteiger partial charge in [-0.05, 0) is 0 Å². The number of H-pyrrole nitrogens is 1. The maximum Gasteiger partial charge on any atom is 0.288 e. The summed E-state index contributed by atoms with van der Waals surface area (Å²) in [6.45, 7) is 0. The highest BCUT2D eigenvalue weighted by Gasteiger charge is 2.14. The standard InChI is InChI=1S/C8H7N7O2S/c9-7(18)5-1-4(15(16)17)2-10-8(5)12-6-3-11-14-13-6/h1-3H,(H2,9,18)(H2,10,11,12,13,14). The van der Waals surface area contributed by atoms with Crippen molar-refractivity contribution in [2.24, 2.45) is 5.73 Å². The summed E-state index contributed by atoms with van der Waals surface area (Å²) in [5.74, 6) is 0.677. The molecule has 0 saturated heterocycles. The van der Waals surface area contributed by atoms with Crippen molar-refractivity contribution in [2.45, 2.75) is 0 Å². The second-order valence-corrected chi connectivity index (χ2v) is 3.63. The molecule has 18 heavy (non-hydrogen) atoms. The van der Waals surface area contributed by atoms with E-state index in [1.807, 2.05) is 0 Å². The predicted molar refractivity (Wildman–Crippen MR) is 66.4 cm³/mol. The van der Waals surface area contributed by atoms with Crippen molar-refractivity contribution in [3.05, 3.63) is 34.1 Å². The molecule has 4 N–H and O–H groups in total. The average molecular weight is 265 g/mol. The number of nitrogens with zero attached hydrogens (tertiary/aromatic N) is 4. The van der Waals surface area contributed by atoms with Crippen LogP contribution in [0.15, 0.2) is 18.5 Å². The molecule has 92 valence electrons. The molecule has 0 aliphatic heterocycles. The van der Waals surface area contributed by atoms with Gasteiger partial charge in [0.25, 0.3) is 5.69 Å². The number of hydrogen-bond acceptors (Lipinski definition) is 7. The highest BCUT2D eigenvalue weighted by Crippen LogP contribution is 2.21. The summed E-state index contributed by atoms with van der Waals surface area (Å²) < 4.78 is 0. The van der Waals surface area contributed by atoms with Crippen LogP contribution in [0.3, 0.4) is 0 Å². The van der Waals surface area contributed by atoms with Crippen molar-refractivity contribution in [3.63, 3.8) is 0 Å². The number of nitrogens with two attached hydrogens (primary N) is 1. The van der Waals surface area contributed by atoms with Crippen LogP contribution < -0.4 is 11.1 Å². The molecule has 9 nitrogen and oxygen atoms in total. The van der Waals surface area contributed by atoms with E-state index in [0.717, 1.165) is 6.20 Å². The molecule has 2 aromatic rings. The lowest BCUT2D eigenvalue weighted by Gasteiger charge is -2.06. The van der Waals surface area contributed by atoms with E-state index in [1.165, 1.54) is 12.3 Å². The summed E-state index contributed by atoms with van der Waals surface area (Å²) in [7, 11) is 0. The molecule has 0 aliphatic carbocycles. The molecule has 0 bridgehead atoms. The van der Waals surface area contributed by atoms with Crippen LogP contribution in [0.1, 0.15) is 5.56 Å². The first-order valence-electron chi connectivity index (χ1n) is 4.65. The third kappa shape index (κ3) is 2.38. The van der Waals surface area contributed by atoms with Crippen molar-refractivity contribution < 1.29 is 4.92 Å². The molecule has 0 amide bonds. The number of nitro groups is 1. The van der Waals surface area contributed by atoms with E-state index in [-0.39, 0.29) is 22.1 Å². The van der Waals surface area contributed by atoms with Gasteiger partial charge in [0, 0.05) is 6.07 Å². The minimum atomic E-state index is -0.575. The Morgan fingerprint density at radius 3 is 2.89 bits per heavy atom. The summed E-state index contributed by atoms with van der Waals surface area (Å²) in [4.78, 5) is 14.0. The maximum absolute atomic E-state index is 10.6. The molecule has 0 fully saturated rings. The first-order valence-corrected chi connectivity index (χ1v) is 5.06. The van der Waals surface area contributed by atoms with Crippen LogP contribution >= 0.6 is 12.2 Å². The van der Waals surface area contributed by atoms with Crippen LogP contribution in [0.4, 0.5) is 17.3 Å². The molecule has 0 aromatic carbocycles. The summed E-state index contributed by atoms with van der Waals surface area (Å²) in [6.07, 6.45) is 2.52. The lowest BCUT2D eigenvalue weighted by molar-refractivity contribution is -0.385. The van der Waals surface area contributed by atoms with Crippen LogP contribution in [-0.2, 0) is 0 Å². The highest BCUT2D eigenvalue weighted by atomic mass is 32.1. The van der Waals surface area contributed by atoms with E-state index in [1.54, 1.807) is 0 Å². The van der Waals surface area contributed by atoms with Gasteiger partial charge in [-0.25, -0.2) is 4.98 Å². The van der Waals surface area contributed by atoms with Crippen molar-refractivity contribution in [1.29, 1.82) is 0 Å². The zero-order chi connectivity index (χ0) is 13.1. The third-order valence-electron chi connectivity index (χ3n) is 2.01. The van der Waals surface area contributed by atoms with Gasteiger partial charge in [0.2, 0.25) is 0 Å². The monoisotopic (exact) mass is 265 g/mol. The second kappa shape index (κ2) is 4.71. The molecule has 2 aromatic heterocycles. The van der Waals surface area contributed by atoms with Gasteiger partial charge in [0.15, 0.2) is 5.82 Å². The van der Waals surface area contributed by atoms with Crippen molar-refractivity contribution in [2.75, 3.05) is 5.32 Å². The van der Waals surface area contributed by atoms with E-state index in [0.29, 0.717) is 5.82 Å². The fourth-order valence-corrected chi connectivity index (χ4v) is 1.38. The Hall–Kier alpha value is -2.62. The zero-order valence-corrected chi connectivity index (χ0v) is 9.64. The molecular weight excluding hydrogens is 258 g/mol. The second-order valence-electron chi connectivity index (χ2n) is 3.19. The fourth-order valence-electron chi connectivity index (χ4n) is 1.22. The minimum Gasteiger partial charge on any atom is -0.389 e. The topological polar surface area (TPSA) is 136 Å². The average Bonchev–Trinajstić information content (AvgIpc) is 2.81. The molecule has 0 radical (unpaired) electrons. The molecule has 0 unspecified atom stereocenters. The number of thiocarbonyl (C=S) groups is 1. The summed E-state index contributed by atoms with van der Waals surface area (Å²) in [5.41, 5.74) is 5.57. The lowest BCUT2D eigenvalue weighted by atomic mass is 10.2. The minimum absolute atomic E-state index is 0.00260. The largest absolute Gasteiger partial charge is 0.389 e. The van der Waals surface area contributed by atoms with E-state index in [9.17, 15) is 10.1 Å². The number of aromatic nitrogens is 4. The Morgan fingerprint density at radius 2 is 2.33 bits per heavy atom. The Labute approximate surface area is 106 Å². The Kier molecular flexibility index (Phi) is 3.10. The molecular formula is C8H7N7O2S. The van der Waals surface area contributed by atoms with Gasteiger partial charge in [-0.2, -0.15) is 10.3 Å². The predicted octanol–water partition coefficient (Wildman–Crippen LogP) is 0.486. The third-order valence-corrected chi connectivity index (χ3v) is 2.23. The lowest BCUT2D eigenvalue weighted by Crippen LogP contribution is -2.13. The molecule has 2 rings (SSSR count). The SMILES string of the molecule is NC(=S)c1cc([N+](=O)[O-])cnc1Nc1cn[nH]n1. The molecule has 0 atom stereocenters. The van der Waals surface area contributed by atoms with Gasteiger partial charge in [0.05, 0.1) is 16.7 Å². The molecule has 0 saturated carbocycles. The smallest absolute Gasteiger partial charge is 0.288 e. The first kappa shape index (κ1) is 11.9. The van der Waals surface area contributed by atoms with Crippen LogP contribution in [0, 0.1) is 10.1 Å². The number of aromatic amines is 1. The summed E-state index contributed by atoms with van der Waals surface area (Å²) in [6, 6.07) is 1.25. The molecule has 0 spiro atoms. The van der Waals surface area contributed by atoms with Gasteiger partial charge in [0.1, 0.15) is 17.0 Å². The Balaban J connectivity index is 2.40. The summed E-state index contributed by atoms with van der Waals surface area (Å²) >= 11 is 4.82. The number of pyridine rings is 1. The van der Waals surface area contributed by atoms with Crippen molar-refractivity contribution in [1.82, 2.24) is 20.4 Å². The summed E-state index contributed by atoms with van der Waals surface area (Å²) in [5, 5.41) is 23.2. The van der Waals surface area contributed by atoms with Gasteiger partial charge in [-0.3, -0.25) is 10.1 Å². The fraction of sp³-hybridized carbons (Fsp3) is 0. The number of hydrogen-bond donors (Lipinski definition) is 3. The number of anilines is 2. The highest BCUT2D eigenvalue weighted by molar-refractivity contribution is 7.80. The molecule has 0 aliphatic rings. The molecule has 10 heteroatoms. The zero-order valence-electron chi connectivity index (χ0n) is 8.82. The van der Waals surface area contributed by atoms with Gasteiger partial charge >= 0.3 is 0 Å². The van der Waals surface area contributed by atoms with Gasteiger partial charge in [-0.1, -0.05) is 12.2 Å². The Morgan fingerprint density at radius 1 is 1.56 bits per heavy atom.